The lowest BCUT2D eigenvalue weighted by Gasteiger charge is -2.04. The van der Waals surface area contributed by atoms with Gasteiger partial charge in [-0.1, -0.05) is 6.92 Å². The van der Waals surface area contributed by atoms with Gasteiger partial charge in [0.1, 0.15) is 4.21 Å². The molecule has 0 aromatic carbocycles. The average molecular weight is 300 g/mol. The molecule has 6 nitrogen and oxygen atoms in total. The topological polar surface area (TPSA) is 90.0 Å². The third-order valence-corrected chi connectivity index (χ3v) is 5.72. The Balaban J connectivity index is 1.94. The number of nitrogens with two attached hydrogens (primary N) is 1. The lowest BCUT2D eigenvalue weighted by Crippen LogP contribution is -2.26. The minimum Gasteiger partial charge on any atom is -0.396 e. The van der Waals surface area contributed by atoms with Crippen molar-refractivity contribution in [1.82, 2.24) is 14.5 Å². The molecule has 0 saturated carbocycles. The molecule has 0 saturated heterocycles. The summed E-state index contributed by atoms with van der Waals surface area (Å²) in [5, 5.41) is 3.98. The molecule has 104 valence electrons. The van der Waals surface area contributed by atoms with E-state index in [0.717, 1.165) is 11.3 Å². The van der Waals surface area contributed by atoms with Gasteiger partial charge in [-0.25, -0.2) is 13.1 Å². The number of anilines is 1. The summed E-state index contributed by atoms with van der Waals surface area (Å²) >= 11 is 1.30. The lowest BCUT2D eigenvalue weighted by molar-refractivity contribution is 0.562. The van der Waals surface area contributed by atoms with Gasteiger partial charge in [0.05, 0.1) is 18.4 Å². The van der Waals surface area contributed by atoms with Crippen LogP contribution in [0.5, 0.6) is 0 Å². The van der Waals surface area contributed by atoms with Crippen LogP contribution in [-0.2, 0) is 23.0 Å². The zero-order valence-electron chi connectivity index (χ0n) is 10.5. The molecule has 0 aliphatic rings. The van der Waals surface area contributed by atoms with Gasteiger partial charge >= 0.3 is 0 Å². The Morgan fingerprint density at radius 1 is 1.47 bits per heavy atom. The zero-order chi connectivity index (χ0) is 13.9. The third kappa shape index (κ3) is 3.55. The van der Waals surface area contributed by atoms with Gasteiger partial charge in [-0.15, -0.1) is 11.3 Å². The minimum absolute atomic E-state index is 0.281. The van der Waals surface area contributed by atoms with E-state index in [2.05, 4.69) is 9.82 Å². The molecule has 2 heterocycles. The van der Waals surface area contributed by atoms with Crippen LogP contribution in [0.3, 0.4) is 0 Å². The summed E-state index contributed by atoms with van der Waals surface area (Å²) in [5.74, 6) is 0. The fourth-order valence-corrected chi connectivity index (χ4v) is 3.92. The Labute approximate surface area is 116 Å². The van der Waals surface area contributed by atoms with Gasteiger partial charge in [0.2, 0.25) is 10.0 Å². The summed E-state index contributed by atoms with van der Waals surface area (Å²) in [7, 11) is -3.42. The van der Waals surface area contributed by atoms with Crippen LogP contribution < -0.4 is 10.5 Å². The number of sulfonamides is 1. The molecule has 2 aromatic rings. The second-order valence-corrected chi connectivity index (χ2v) is 7.17. The summed E-state index contributed by atoms with van der Waals surface area (Å²) < 4.78 is 28.5. The van der Waals surface area contributed by atoms with Crippen LogP contribution in [0.2, 0.25) is 0 Å². The van der Waals surface area contributed by atoms with Crippen molar-refractivity contribution in [3.05, 3.63) is 29.4 Å². The molecule has 19 heavy (non-hydrogen) atoms. The molecule has 0 spiro atoms. The molecule has 0 aliphatic carbocycles. The number of nitrogens with one attached hydrogen (secondary N) is 1. The number of rotatable bonds is 6. The average Bonchev–Trinajstić information content (AvgIpc) is 2.98. The fraction of sp³-hybridized carbons (Fsp3) is 0.364. The summed E-state index contributed by atoms with van der Waals surface area (Å²) in [6, 6.07) is 3.48. The Bertz CT molecular complexity index is 645. The van der Waals surface area contributed by atoms with Crippen LogP contribution in [0, 0.1) is 0 Å². The summed E-state index contributed by atoms with van der Waals surface area (Å²) in [6.45, 7) is 2.73. The van der Waals surface area contributed by atoms with Crippen molar-refractivity contribution in [2.45, 2.75) is 24.1 Å². The Kier molecular flexibility index (Phi) is 4.23. The van der Waals surface area contributed by atoms with Crippen LogP contribution in [0.1, 0.15) is 11.8 Å². The third-order valence-electron chi connectivity index (χ3n) is 2.54. The predicted octanol–water partition coefficient (Wildman–Crippen LogP) is 1.07. The number of aryl methyl sites for hydroxylation is 1. The molecule has 2 aromatic heterocycles. The Hall–Kier alpha value is -1.38. The molecule has 0 atom stereocenters. The van der Waals surface area contributed by atoms with Crippen LogP contribution >= 0.6 is 11.3 Å². The first-order valence-electron chi connectivity index (χ1n) is 5.87. The van der Waals surface area contributed by atoms with Gasteiger partial charge in [-0.05, 0) is 18.6 Å². The maximum atomic E-state index is 12.0. The molecular weight excluding hydrogens is 284 g/mol. The summed E-state index contributed by atoms with van der Waals surface area (Å²) in [4.78, 5) is 1.06. The highest BCUT2D eigenvalue weighted by molar-refractivity contribution is 7.91. The number of hydrogen-bond donors (Lipinski definition) is 2. The molecule has 8 heteroatoms. The highest BCUT2D eigenvalue weighted by Crippen LogP contribution is 2.21. The van der Waals surface area contributed by atoms with Crippen molar-refractivity contribution in [2.75, 3.05) is 12.3 Å². The van der Waals surface area contributed by atoms with Crippen LogP contribution in [0.15, 0.2) is 28.7 Å². The maximum Gasteiger partial charge on any atom is 0.250 e. The molecule has 3 N–H and O–H groups in total. The SMILES string of the molecule is CCc1ccc(S(=O)(=O)NCCn2cc(N)cn2)s1. The molecule has 0 aliphatic heterocycles. The second kappa shape index (κ2) is 5.72. The Morgan fingerprint density at radius 2 is 2.26 bits per heavy atom. The van der Waals surface area contributed by atoms with Crippen LogP contribution in [0.4, 0.5) is 5.69 Å². The van der Waals surface area contributed by atoms with Gasteiger partial charge in [0.15, 0.2) is 0 Å². The van der Waals surface area contributed by atoms with E-state index in [1.54, 1.807) is 16.9 Å². The maximum absolute atomic E-state index is 12.0. The normalized spacial score (nSPS) is 11.8. The number of aromatic nitrogens is 2. The first-order valence-corrected chi connectivity index (χ1v) is 8.17. The summed E-state index contributed by atoms with van der Waals surface area (Å²) in [6.07, 6.45) is 4.03. The number of thiophene rings is 1. The first-order chi connectivity index (χ1) is 9.01. The molecule has 0 radical (unpaired) electrons. The van der Waals surface area contributed by atoms with E-state index in [1.165, 1.54) is 17.5 Å². The number of nitrogen functional groups attached to an aromatic ring is 1. The molecule has 0 unspecified atom stereocenters. The smallest absolute Gasteiger partial charge is 0.250 e. The monoisotopic (exact) mass is 300 g/mol. The highest BCUT2D eigenvalue weighted by Gasteiger charge is 2.15. The van der Waals surface area contributed by atoms with Crippen molar-refractivity contribution in [3.63, 3.8) is 0 Å². The van der Waals surface area contributed by atoms with Gasteiger partial charge in [0, 0.05) is 17.6 Å². The zero-order valence-corrected chi connectivity index (χ0v) is 12.2. The predicted molar refractivity (Wildman–Crippen MR) is 75.5 cm³/mol. The van der Waals surface area contributed by atoms with Crippen molar-refractivity contribution < 1.29 is 8.42 Å². The van der Waals surface area contributed by atoms with E-state index >= 15 is 0 Å². The fourth-order valence-electron chi connectivity index (χ4n) is 1.56. The quantitative estimate of drug-likeness (QED) is 0.835. The lowest BCUT2D eigenvalue weighted by atomic mass is 10.4. The standard InChI is InChI=1S/C11H16N4O2S2/c1-2-10-3-4-11(18-10)19(16,17)14-5-6-15-8-9(12)7-13-15/h3-4,7-8,14H,2,5-6,12H2,1H3. The molecular formula is C11H16N4O2S2. The van der Waals surface area contributed by atoms with Gasteiger partial charge < -0.3 is 5.73 Å². The number of hydrogen-bond acceptors (Lipinski definition) is 5. The van der Waals surface area contributed by atoms with Crippen molar-refractivity contribution in [1.29, 1.82) is 0 Å². The van der Waals surface area contributed by atoms with E-state index < -0.39 is 10.0 Å². The van der Waals surface area contributed by atoms with E-state index in [9.17, 15) is 8.42 Å². The van der Waals surface area contributed by atoms with E-state index in [4.69, 9.17) is 5.73 Å². The van der Waals surface area contributed by atoms with E-state index in [0.29, 0.717) is 16.4 Å². The summed E-state index contributed by atoms with van der Waals surface area (Å²) in [5.41, 5.74) is 6.09. The minimum atomic E-state index is -3.42. The highest BCUT2D eigenvalue weighted by atomic mass is 32.2. The van der Waals surface area contributed by atoms with Gasteiger partial charge in [-0.2, -0.15) is 5.10 Å². The first kappa shape index (κ1) is 14.0. The largest absolute Gasteiger partial charge is 0.396 e. The van der Waals surface area contributed by atoms with Crippen LogP contribution in [-0.4, -0.2) is 24.7 Å². The number of nitrogens with zero attached hydrogens (tertiary/aromatic N) is 2. The second-order valence-electron chi connectivity index (χ2n) is 4.01. The van der Waals surface area contributed by atoms with Crippen molar-refractivity contribution in [2.24, 2.45) is 0 Å². The Morgan fingerprint density at radius 3 is 2.84 bits per heavy atom. The van der Waals surface area contributed by atoms with E-state index in [-0.39, 0.29) is 6.54 Å². The van der Waals surface area contributed by atoms with Crippen molar-refractivity contribution in [3.8, 4) is 0 Å². The van der Waals surface area contributed by atoms with E-state index in [1.807, 2.05) is 13.0 Å². The molecule has 0 fully saturated rings. The molecule has 0 amide bonds. The van der Waals surface area contributed by atoms with Gasteiger partial charge in [0.25, 0.3) is 0 Å². The van der Waals surface area contributed by atoms with Crippen molar-refractivity contribution >= 4 is 27.0 Å². The van der Waals surface area contributed by atoms with Gasteiger partial charge in [-0.3, -0.25) is 4.68 Å². The van der Waals surface area contributed by atoms with Crippen LogP contribution in [0.25, 0.3) is 0 Å². The molecule has 2 rings (SSSR count). The molecule has 0 bridgehead atoms.